The van der Waals surface area contributed by atoms with Gasteiger partial charge in [-0.05, 0) is 175 Å². The SMILES string of the molecule is CCCCCC1CCC(c2ccc(-c3ccc(-c4cc(CCCO)c(OCCC(CCCC)(CO[Si](C)(C)C(C)(C)C)CO[Si](C)(C)C(C)(C)C)c(CCCO)c4)cc3CC)cc2)CC1. The Morgan fingerprint density at radius 1 is 0.585 bits per heavy atom. The molecule has 4 rings (SSSR count). The Hall–Kier alpha value is -2.27. The Labute approximate surface area is 401 Å². The van der Waals surface area contributed by atoms with Gasteiger partial charge in [-0.15, -0.1) is 0 Å². The van der Waals surface area contributed by atoms with Gasteiger partial charge in [0.2, 0.25) is 0 Å². The van der Waals surface area contributed by atoms with Gasteiger partial charge < -0.3 is 23.8 Å². The Morgan fingerprint density at radius 3 is 1.60 bits per heavy atom. The maximum atomic E-state index is 10.1. The van der Waals surface area contributed by atoms with Crippen molar-refractivity contribution in [2.75, 3.05) is 33.0 Å². The number of ether oxygens (including phenoxy) is 1. The highest BCUT2D eigenvalue weighted by Crippen LogP contribution is 2.44. The quantitative estimate of drug-likeness (QED) is 0.0589. The summed E-state index contributed by atoms with van der Waals surface area (Å²) in [6.07, 6.45) is 18.8. The van der Waals surface area contributed by atoms with E-state index in [1.165, 1.54) is 84.7 Å². The molecule has 0 amide bonds. The van der Waals surface area contributed by atoms with Crippen LogP contribution in [0.4, 0.5) is 0 Å². The lowest BCUT2D eigenvalue weighted by Crippen LogP contribution is -2.48. The minimum Gasteiger partial charge on any atom is -0.493 e. The molecular formula is C58H96O5Si2. The molecule has 0 spiro atoms. The number of aliphatic hydroxyl groups is 2. The molecule has 0 radical (unpaired) electrons. The number of aryl methyl sites for hydroxylation is 3. The van der Waals surface area contributed by atoms with Crippen LogP contribution in [0.25, 0.3) is 22.3 Å². The first kappa shape index (κ1) is 55.3. The van der Waals surface area contributed by atoms with Crippen LogP contribution in [-0.4, -0.2) is 59.9 Å². The topological polar surface area (TPSA) is 68.2 Å². The molecule has 0 aromatic heterocycles. The van der Waals surface area contributed by atoms with Crippen LogP contribution in [-0.2, 0) is 28.1 Å². The van der Waals surface area contributed by atoms with Crippen molar-refractivity contribution < 1.29 is 23.8 Å². The van der Waals surface area contributed by atoms with E-state index in [2.05, 4.69) is 143 Å². The summed E-state index contributed by atoms with van der Waals surface area (Å²) in [4.78, 5) is 0. The fraction of sp³-hybridized carbons (Fsp3) is 0.690. The number of rotatable bonds is 27. The average Bonchev–Trinajstić information content (AvgIpc) is 3.27. The highest BCUT2D eigenvalue weighted by Gasteiger charge is 2.43. The number of hydrogen-bond donors (Lipinski definition) is 2. The molecule has 1 saturated carbocycles. The van der Waals surface area contributed by atoms with E-state index in [1.807, 2.05) is 0 Å². The average molecular weight is 930 g/mol. The van der Waals surface area contributed by atoms with Gasteiger partial charge in [0.1, 0.15) is 5.75 Å². The van der Waals surface area contributed by atoms with Crippen molar-refractivity contribution in [1.29, 1.82) is 0 Å². The lowest BCUT2D eigenvalue weighted by atomic mass is 9.77. The van der Waals surface area contributed by atoms with E-state index in [0.29, 0.717) is 38.6 Å². The normalized spacial score (nSPS) is 16.6. The second kappa shape index (κ2) is 25.4. The van der Waals surface area contributed by atoms with Gasteiger partial charge >= 0.3 is 0 Å². The summed E-state index contributed by atoms with van der Waals surface area (Å²) in [6, 6.07) is 21.1. The van der Waals surface area contributed by atoms with E-state index in [4.69, 9.17) is 13.6 Å². The van der Waals surface area contributed by atoms with Gasteiger partial charge in [0, 0.05) is 31.8 Å². The van der Waals surface area contributed by atoms with Crippen LogP contribution in [0, 0.1) is 11.3 Å². The zero-order chi connectivity index (χ0) is 47.9. The van der Waals surface area contributed by atoms with E-state index in [-0.39, 0.29) is 28.7 Å². The Kier molecular flexibility index (Phi) is 21.6. The Balaban J connectivity index is 1.64. The predicted molar refractivity (Wildman–Crippen MR) is 285 cm³/mol. The maximum Gasteiger partial charge on any atom is 0.192 e. The largest absolute Gasteiger partial charge is 0.493 e. The van der Waals surface area contributed by atoms with E-state index in [0.717, 1.165) is 67.7 Å². The fourth-order valence-electron chi connectivity index (χ4n) is 9.24. The van der Waals surface area contributed by atoms with Gasteiger partial charge in [-0.2, -0.15) is 0 Å². The van der Waals surface area contributed by atoms with Crippen molar-refractivity contribution >= 4 is 16.6 Å². The highest BCUT2D eigenvalue weighted by molar-refractivity contribution is 6.74. The molecule has 7 heteroatoms. The summed E-state index contributed by atoms with van der Waals surface area (Å²) >= 11 is 0. The van der Waals surface area contributed by atoms with Crippen molar-refractivity contribution in [3.8, 4) is 28.0 Å². The van der Waals surface area contributed by atoms with Crippen molar-refractivity contribution in [2.24, 2.45) is 11.3 Å². The van der Waals surface area contributed by atoms with Crippen LogP contribution in [0.15, 0.2) is 54.6 Å². The number of aliphatic hydroxyl groups excluding tert-OH is 2. The molecule has 0 unspecified atom stereocenters. The molecule has 0 aliphatic heterocycles. The van der Waals surface area contributed by atoms with Crippen LogP contribution < -0.4 is 4.74 Å². The van der Waals surface area contributed by atoms with Gasteiger partial charge in [0.15, 0.2) is 16.6 Å². The smallest absolute Gasteiger partial charge is 0.192 e. The molecule has 2 N–H and O–H groups in total. The molecule has 366 valence electrons. The Bertz CT molecular complexity index is 1790. The number of hydrogen-bond acceptors (Lipinski definition) is 5. The van der Waals surface area contributed by atoms with Gasteiger partial charge in [0.25, 0.3) is 0 Å². The predicted octanol–water partition coefficient (Wildman–Crippen LogP) is 16.3. The second-order valence-electron chi connectivity index (χ2n) is 23.1. The summed E-state index contributed by atoms with van der Waals surface area (Å²) < 4.78 is 21.2. The van der Waals surface area contributed by atoms with E-state index >= 15 is 0 Å². The zero-order valence-electron chi connectivity index (χ0n) is 44.0. The molecule has 0 heterocycles. The van der Waals surface area contributed by atoms with Gasteiger partial charge in [-0.3, -0.25) is 0 Å². The highest BCUT2D eigenvalue weighted by atomic mass is 28.4. The fourth-order valence-corrected chi connectivity index (χ4v) is 11.4. The van der Waals surface area contributed by atoms with Crippen LogP contribution in [0.2, 0.25) is 36.3 Å². The van der Waals surface area contributed by atoms with Crippen LogP contribution in [0.1, 0.15) is 180 Å². The van der Waals surface area contributed by atoms with Gasteiger partial charge in [0.05, 0.1) is 6.61 Å². The summed E-state index contributed by atoms with van der Waals surface area (Å²) in [6.45, 7) is 32.4. The van der Waals surface area contributed by atoms with Crippen LogP contribution in [0.5, 0.6) is 5.75 Å². The van der Waals surface area contributed by atoms with E-state index in [9.17, 15) is 10.2 Å². The molecular weight excluding hydrogens is 833 g/mol. The summed E-state index contributed by atoms with van der Waals surface area (Å²) in [5.74, 6) is 2.55. The maximum absolute atomic E-state index is 10.1. The van der Waals surface area contributed by atoms with Crippen molar-refractivity contribution in [2.45, 2.75) is 214 Å². The van der Waals surface area contributed by atoms with Crippen LogP contribution in [0.3, 0.4) is 0 Å². The van der Waals surface area contributed by atoms with E-state index in [1.54, 1.807) is 0 Å². The van der Waals surface area contributed by atoms with E-state index < -0.39 is 16.6 Å². The first-order chi connectivity index (χ1) is 30.7. The lowest BCUT2D eigenvalue weighted by Gasteiger charge is -2.44. The number of benzene rings is 3. The van der Waals surface area contributed by atoms with Crippen molar-refractivity contribution in [3.05, 3.63) is 76.9 Å². The third kappa shape index (κ3) is 15.9. The first-order valence-electron chi connectivity index (χ1n) is 26.3. The van der Waals surface area contributed by atoms with Gasteiger partial charge in [-0.25, -0.2) is 0 Å². The molecule has 1 fully saturated rings. The molecule has 5 nitrogen and oxygen atoms in total. The molecule has 3 aromatic carbocycles. The molecule has 3 aromatic rings. The molecule has 1 aliphatic rings. The molecule has 0 bridgehead atoms. The van der Waals surface area contributed by atoms with Crippen molar-refractivity contribution in [1.82, 2.24) is 0 Å². The first-order valence-corrected chi connectivity index (χ1v) is 32.1. The standard InChI is InChI=1S/C58H96O5Si2/c1-14-17-19-22-45-25-27-47(28-26-45)48-29-31-49(32-30-48)54-34-33-50(40-46(54)16-3)53-41-51(23-20-37-59)55(52(42-53)24-21-38-60)61-39-36-58(35-18-15-2,43-62-64(10,11)56(4,5)6)44-63-65(12,13)57(7,8)9/h29-34,40-42,45,47,59-60H,14-28,35-39,43-44H2,1-13H3. The molecule has 0 atom stereocenters. The third-order valence-electron chi connectivity index (χ3n) is 16.1. The second-order valence-corrected chi connectivity index (χ2v) is 32.8. The molecule has 0 saturated heterocycles. The summed E-state index contributed by atoms with van der Waals surface area (Å²) in [5, 5.41) is 20.4. The van der Waals surface area contributed by atoms with Crippen molar-refractivity contribution in [3.63, 3.8) is 0 Å². The van der Waals surface area contributed by atoms with Gasteiger partial charge in [-0.1, -0.05) is 143 Å². The van der Waals surface area contributed by atoms with Crippen LogP contribution >= 0.6 is 0 Å². The third-order valence-corrected chi connectivity index (χ3v) is 25.0. The zero-order valence-corrected chi connectivity index (χ0v) is 46.0. The summed E-state index contributed by atoms with van der Waals surface area (Å²) in [7, 11) is -4.07. The minimum atomic E-state index is -2.03. The molecule has 65 heavy (non-hydrogen) atoms. The Morgan fingerprint density at radius 2 is 1.11 bits per heavy atom. The summed E-state index contributed by atoms with van der Waals surface area (Å²) in [5.41, 5.74) is 9.91. The monoisotopic (exact) mass is 929 g/mol. The molecule has 1 aliphatic carbocycles. The number of unbranched alkanes of at least 4 members (excludes halogenated alkanes) is 3. The lowest BCUT2D eigenvalue weighted by molar-refractivity contribution is 0.0357. The minimum absolute atomic E-state index is 0.112.